The van der Waals surface area contributed by atoms with Crippen molar-refractivity contribution < 1.29 is 22.4 Å². The maximum atomic E-state index is 13.1. The van der Waals surface area contributed by atoms with Crippen molar-refractivity contribution in [2.24, 2.45) is 10.9 Å². The standard InChI is InChI=1S/C20H26F3N3O.C8H5BrFN/c1-4-10-19(11-9-12(2)3)18(27)25-17(26-19)14-7-8-15(20(21,22)23)24-16(14)13-5-6-13;1-5-2-6(9)3-8(10)7(5)4-11/h7-8,12-13H,4-6,9-11H2,1-3H3,(H,25,26,27);2-3H,1H3. The molecule has 4 rings (SSSR count). The number of aryl methyl sites for hydroxylation is 1. The van der Waals surface area contributed by atoms with Crippen LogP contribution >= 0.6 is 15.9 Å². The summed E-state index contributed by atoms with van der Waals surface area (Å²) in [5.74, 6) is 0.209. The monoisotopic (exact) mass is 594 g/mol. The molecule has 5 nitrogen and oxygen atoms in total. The number of nitriles is 1. The molecule has 1 N–H and O–H groups in total. The summed E-state index contributed by atoms with van der Waals surface area (Å²) in [7, 11) is 0. The highest BCUT2D eigenvalue weighted by molar-refractivity contribution is 9.10. The van der Waals surface area contributed by atoms with Crippen LogP contribution in [-0.2, 0) is 11.0 Å². The Morgan fingerprint density at radius 3 is 2.45 bits per heavy atom. The number of halogens is 5. The summed E-state index contributed by atoms with van der Waals surface area (Å²) in [6, 6.07) is 7.17. The number of nitrogens with zero attached hydrogens (tertiary/aromatic N) is 3. The van der Waals surface area contributed by atoms with Gasteiger partial charge in [0.25, 0.3) is 5.91 Å². The number of carbonyl (C=O) groups is 1. The third kappa shape index (κ3) is 6.99. The summed E-state index contributed by atoms with van der Waals surface area (Å²) in [5.41, 5.74) is -0.00981. The molecule has 1 unspecified atom stereocenters. The number of alkyl halides is 3. The number of aromatic nitrogens is 1. The fourth-order valence-corrected chi connectivity index (χ4v) is 4.94. The largest absolute Gasteiger partial charge is 0.433 e. The minimum Gasteiger partial charge on any atom is -0.308 e. The Bertz CT molecular complexity index is 1240. The van der Waals surface area contributed by atoms with Crippen molar-refractivity contribution in [3.63, 3.8) is 0 Å². The van der Waals surface area contributed by atoms with Gasteiger partial charge in [-0.1, -0.05) is 43.1 Å². The molecule has 0 radical (unpaired) electrons. The van der Waals surface area contributed by atoms with Gasteiger partial charge in [0, 0.05) is 16.0 Å². The van der Waals surface area contributed by atoms with Crippen molar-refractivity contribution >= 4 is 27.7 Å². The Balaban J connectivity index is 0.000000304. The zero-order valence-corrected chi connectivity index (χ0v) is 23.4. The second-order valence-electron chi connectivity index (χ2n) is 10.2. The number of benzene rings is 1. The molecule has 1 aromatic heterocycles. The van der Waals surface area contributed by atoms with Gasteiger partial charge in [-0.05, 0) is 74.8 Å². The van der Waals surface area contributed by atoms with Crippen LogP contribution in [0.2, 0.25) is 0 Å². The molecule has 10 heteroatoms. The normalized spacial score (nSPS) is 19.0. The molecule has 1 amide bonds. The molecule has 1 atom stereocenters. The minimum atomic E-state index is -4.48. The molecule has 1 saturated carbocycles. The third-order valence-corrected chi connectivity index (χ3v) is 7.04. The maximum Gasteiger partial charge on any atom is 0.433 e. The van der Waals surface area contributed by atoms with Crippen LogP contribution in [0.3, 0.4) is 0 Å². The summed E-state index contributed by atoms with van der Waals surface area (Å²) >= 11 is 3.13. The molecule has 1 aromatic carbocycles. The fourth-order valence-electron chi connectivity index (χ4n) is 4.39. The van der Waals surface area contributed by atoms with Gasteiger partial charge in [0.05, 0.1) is 11.3 Å². The highest BCUT2D eigenvalue weighted by Gasteiger charge is 2.44. The highest BCUT2D eigenvalue weighted by Crippen LogP contribution is 2.43. The molecule has 2 aliphatic rings. The second-order valence-corrected chi connectivity index (χ2v) is 11.1. The number of rotatable bonds is 7. The first-order valence-corrected chi connectivity index (χ1v) is 13.5. The van der Waals surface area contributed by atoms with E-state index in [-0.39, 0.29) is 17.4 Å². The number of hydrogen-bond donors (Lipinski definition) is 1. The molecule has 1 aliphatic heterocycles. The lowest BCUT2D eigenvalue weighted by Gasteiger charge is -2.23. The van der Waals surface area contributed by atoms with Crippen LogP contribution in [0.25, 0.3) is 0 Å². The topological polar surface area (TPSA) is 78.1 Å². The Labute approximate surface area is 228 Å². The van der Waals surface area contributed by atoms with Crippen molar-refractivity contribution in [2.75, 3.05) is 0 Å². The second kappa shape index (κ2) is 11.9. The number of amidine groups is 1. The minimum absolute atomic E-state index is 0.0127. The Hall–Kier alpha value is -2.80. The van der Waals surface area contributed by atoms with Crippen molar-refractivity contribution in [3.05, 3.63) is 62.6 Å². The molecular weight excluding hydrogens is 564 g/mol. The average molecular weight is 595 g/mol. The number of amides is 1. The van der Waals surface area contributed by atoms with Crippen LogP contribution in [0.5, 0.6) is 0 Å². The van der Waals surface area contributed by atoms with Crippen molar-refractivity contribution in [1.82, 2.24) is 10.3 Å². The molecular formula is C28H31BrF4N4O. The van der Waals surface area contributed by atoms with Gasteiger partial charge in [0.2, 0.25) is 0 Å². The molecule has 204 valence electrons. The lowest BCUT2D eigenvalue weighted by atomic mass is 9.86. The molecule has 1 aliphatic carbocycles. The number of aliphatic imine (C=N–C) groups is 1. The van der Waals surface area contributed by atoms with Crippen LogP contribution in [0.1, 0.15) is 93.3 Å². The number of nitrogens with one attached hydrogen (secondary N) is 1. The van der Waals surface area contributed by atoms with Crippen LogP contribution < -0.4 is 5.32 Å². The first kappa shape index (κ1) is 29.8. The zero-order valence-electron chi connectivity index (χ0n) is 21.8. The Morgan fingerprint density at radius 1 is 1.24 bits per heavy atom. The van der Waals surface area contributed by atoms with Gasteiger partial charge in [-0.15, -0.1) is 0 Å². The van der Waals surface area contributed by atoms with Gasteiger partial charge >= 0.3 is 6.18 Å². The average Bonchev–Trinajstić information content (AvgIpc) is 3.62. The molecule has 0 saturated heterocycles. The lowest BCUT2D eigenvalue weighted by Crippen LogP contribution is -2.40. The van der Waals surface area contributed by atoms with E-state index >= 15 is 0 Å². The molecule has 2 heterocycles. The number of pyridine rings is 1. The fraction of sp³-hybridized carbons (Fsp3) is 0.500. The van der Waals surface area contributed by atoms with E-state index in [2.05, 4.69) is 40.1 Å². The van der Waals surface area contributed by atoms with Gasteiger partial charge in [-0.3, -0.25) is 9.79 Å². The van der Waals surface area contributed by atoms with Crippen molar-refractivity contribution in [3.8, 4) is 6.07 Å². The highest BCUT2D eigenvalue weighted by atomic mass is 79.9. The van der Waals surface area contributed by atoms with E-state index < -0.39 is 23.2 Å². The third-order valence-electron chi connectivity index (χ3n) is 6.58. The summed E-state index contributed by atoms with van der Waals surface area (Å²) in [5, 5.41) is 11.3. The molecule has 38 heavy (non-hydrogen) atoms. The van der Waals surface area contributed by atoms with Gasteiger partial charge in [-0.25, -0.2) is 9.37 Å². The zero-order chi connectivity index (χ0) is 28.3. The first-order chi connectivity index (χ1) is 17.8. The SMILES string of the molecule is CCCC1(CCC(C)C)N=C(c2ccc(C(F)(F)F)nc2C2CC2)NC1=O.Cc1cc(Br)cc(F)c1C#N. The predicted octanol–water partition coefficient (Wildman–Crippen LogP) is 7.60. The molecule has 1 fully saturated rings. The summed E-state index contributed by atoms with van der Waals surface area (Å²) in [4.78, 5) is 21.4. The van der Waals surface area contributed by atoms with Crippen LogP contribution in [0.15, 0.2) is 33.7 Å². The Kier molecular flexibility index (Phi) is 9.34. The van der Waals surface area contributed by atoms with E-state index in [4.69, 9.17) is 10.3 Å². The van der Waals surface area contributed by atoms with E-state index in [0.29, 0.717) is 45.9 Å². The predicted molar refractivity (Wildman–Crippen MR) is 141 cm³/mol. The Morgan fingerprint density at radius 2 is 1.92 bits per heavy atom. The van der Waals surface area contributed by atoms with E-state index in [1.807, 2.05) is 6.92 Å². The van der Waals surface area contributed by atoms with E-state index in [0.717, 1.165) is 31.7 Å². The summed E-state index contributed by atoms with van der Waals surface area (Å²) < 4.78 is 52.7. The van der Waals surface area contributed by atoms with Crippen LogP contribution in [-0.4, -0.2) is 22.3 Å². The van der Waals surface area contributed by atoms with E-state index in [9.17, 15) is 22.4 Å². The molecule has 2 aromatic rings. The quantitative estimate of drug-likeness (QED) is 0.335. The summed E-state index contributed by atoms with van der Waals surface area (Å²) in [6.45, 7) is 7.91. The van der Waals surface area contributed by atoms with Crippen molar-refractivity contribution in [2.45, 2.75) is 83.9 Å². The van der Waals surface area contributed by atoms with Crippen LogP contribution in [0.4, 0.5) is 17.6 Å². The molecule has 0 bridgehead atoms. The number of carbonyl (C=O) groups excluding carboxylic acids is 1. The van der Waals surface area contributed by atoms with Gasteiger partial charge in [-0.2, -0.15) is 18.4 Å². The van der Waals surface area contributed by atoms with Gasteiger partial charge in [0.1, 0.15) is 29.0 Å². The van der Waals surface area contributed by atoms with Gasteiger partial charge in [0.15, 0.2) is 0 Å². The maximum absolute atomic E-state index is 13.1. The van der Waals surface area contributed by atoms with Crippen LogP contribution in [0, 0.1) is 30.0 Å². The van der Waals surface area contributed by atoms with Crippen molar-refractivity contribution in [1.29, 1.82) is 5.26 Å². The molecule has 0 spiro atoms. The first-order valence-electron chi connectivity index (χ1n) is 12.7. The van der Waals surface area contributed by atoms with E-state index in [1.54, 1.807) is 19.1 Å². The van der Waals surface area contributed by atoms with E-state index in [1.165, 1.54) is 12.1 Å². The lowest BCUT2D eigenvalue weighted by molar-refractivity contribution is -0.141. The van der Waals surface area contributed by atoms with Gasteiger partial charge < -0.3 is 5.32 Å². The smallest absolute Gasteiger partial charge is 0.308 e. The summed E-state index contributed by atoms with van der Waals surface area (Å²) in [6.07, 6.45) is 0.0919. The number of hydrogen-bond acceptors (Lipinski definition) is 4.